The van der Waals surface area contributed by atoms with Gasteiger partial charge in [0.05, 0.1) is 10.6 Å². The van der Waals surface area contributed by atoms with Gasteiger partial charge in [0.25, 0.3) is 0 Å². The number of unbranched alkanes of at least 4 members (excludes halogenated alkanes) is 1. The minimum atomic E-state index is 0.508. The molecule has 0 heterocycles. The second-order valence-corrected chi connectivity index (χ2v) is 3.49. The van der Waals surface area contributed by atoms with Crippen molar-refractivity contribution >= 4 is 17.3 Å². The summed E-state index contributed by atoms with van der Waals surface area (Å²) in [6.45, 7) is 3.09. The second kappa shape index (κ2) is 5.51. The lowest BCUT2D eigenvalue weighted by Crippen LogP contribution is -2.00. The third-order valence-electron chi connectivity index (χ3n) is 1.95. The van der Waals surface area contributed by atoms with Crippen LogP contribution in [0.2, 0.25) is 5.02 Å². The van der Waals surface area contributed by atoms with Crippen molar-refractivity contribution in [2.45, 2.75) is 19.8 Å². The highest BCUT2D eigenvalue weighted by Gasteiger charge is 1.99. The van der Waals surface area contributed by atoms with Gasteiger partial charge >= 0.3 is 0 Å². The smallest absolute Gasteiger partial charge is 0.101 e. The van der Waals surface area contributed by atoms with Gasteiger partial charge in [0.2, 0.25) is 0 Å². The van der Waals surface area contributed by atoms with Gasteiger partial charge in [-0.25, -0.2) is 0 Å². The van der Waals surface area contributed by atoms with E-state index >= 15 is 0 Å². The quantitative estimate of drug-likeness (QED) is 0.770. The summed E-state index contributed by atoms with van der Waals surface area (Å²) >= 11 is 5.88. The van der Waals surface area contributed by atoms with Gasteiger partial charge in [-0.05, 0) is 24.6 Å². The van der Waals surface area contributed by atoms with Gasteiger partial charge in [-0.15, -0.1) is 0 Å². The van der Waals surface area contributed by atoms with Gasteiger partial charge in [-0.3, -0.25) is 0 Å². The molecule has 0 radical (unpaired) electrons. The number of anilines is 1. The first-order chi connectivity index (χ1) is 6.77. The lowest BCUT2D eigenvalue weighted by atomic mass is 10.2. The Morgan fingerprint density at radius 3 is 2.86 bits per heavy atom. The minimum Gasteiger partial charge on any atom is -0.385 e. The van der Waals surface area contributed by atoms with E-state index in [2.05, 4.69) is 12.2 Å². The number of rotatable bonds is 4. The van der Waals surface area contributed by atoms with Crippen LogP contribution in [-0.4, -0.2) is 6.54 Å². The summed E-state index contributed by atoms with van der Waals surface area (Å²) in [7, 11) is 0. The van der Waals surface area contributed by atoms with Crippen molar-refractivity contribution in [1.29, 1.82) is 5.26 Å². The van der Waals surface area contributed by atoms with Gasteiger partial charge in [0, 0.05) is 12.2 Å². The number of nitrogens with zero attached hydrogens (tertiary/aromatic N) is 1. The molecular weight excluding hydrogens is 196 g/mol. The number of nitrogens with one attached hydrogen (secondary N) is 1. The van der Waals surface area contributed by atoms with E-state index in [4.69, 9.17) is 16.9 Å². The fraction of sp³-hybridized carbons (Fsp3) is 0.364. The fourth-order valence-corrected chi connectivity index (χ4v) is 1.35. The molecule has 14 heavy (non-hydrogen) atoms. The first kappa shape index (κ1) is 10.9. The van der Waals surface area contributed by atoms with Gasteiger partial charge in [0.1, 0.15) is 6.07 Å². The lowest BCUT2D eigenvalue weighted by Gasteiger charge is -2.05. The maximum Gasteiger partial charge on any atom is 0.101 e. The zero-order chi connectivity index (χ0) is 10.4. The molecule has 1 rings (SSSR count). The number of halogens is 1. The number of benzene rings is 1. The molecule has 0 fully saturated rings. The SMILES string of the molecule is CCCCNc1ccc(C#N)c(Cl)c1. The van der Waals surface area contributed by atoms with Crippen molar-refractivity contribution in [2.24, 2.45) is 0 Å². The molecular formula is C11H13ClN2. The Morgan fingerprint density at radius 1 is 1.50 bits per heavy atom. The maximum absolute atomic E-state index is 8.67. The third kappa shape index (κ3) is 2.93. The monoisotopic (exact) mass is 208 g/mol. The Morgan fingerprint density at radius 2 is 2.29 bits per heavy atom. The van der Waals surface area contributed by atoms with E-state index in [1.54, 1.807) is 12.1 Å². The first-order valence-corrected chi connectivity index (χ1v) is 5.09. The van der Waals surface area contributed by atoms with E-state index in [0.29, 0.717) is 10.6 Å². The molecule has 2 nitrogen and oxygen atoms in total. The van der Waals surface area contributed by atoms with Crippen LogP contribution in [0.1, 0.15) is 25.3 Å². The number of nitriles is 1. The minimum absolute atomic E-state index is 0.508. The summed E-state index contributed by atoms with van der Waals surface area (Å²) < 4.78 is 0. The van der Waals surface area contributed by atoms with Crippen LogP contribution in [0, 0.1) is 11.3 Å². The van der Waals surface area contributed by atoms with E-state index < -0.39 is 0 Å². The van der Waals surface area contributed by atoms with Crippen LogP contribution in [0.5, 0.6) is 0 Å². The van der Waals surface area contributed by atoms with E-state index in [1.165, 1.54) is 0 Å². The highest BCUT2D eigenvalue weighted by Crippen LogP contribution is 2.19. The molecule has 0 bridgehead atoms. The molecule has 0 atom stereocenters. The van der Waals surface area contributed by atoms with E-state index in [9.17, 15) is 0 Å². The average Bonchev–Trinajstić information content (AvgIpc) is 2.18. The fourth-order valence-electron chi connectivity index (χ4n) is 1.13. The van der Waals surface area contributed by atoms with Gasteiger partial charge in [0.15, 0.2) is 0 Å². The van der Waals surface area contributed by atoms with Crippen molar-refractivity contribution in [1.82, 2.24) is 0 Å². The molecule has 0 unspecified atom stereocenters. The van der Waals surface area contributed by atoms with Crippen LogP contribution in [-0.2, 0) is 0 Å². The molecule has 0 aliphatic carbocycles. The molecule has 1 N–H and O–H groups in total. The number of hydrogen-bond donors (Lipinski definition) is 1. The Hall–Kier alpha value is -1.20. The van der Waals surface area contributed by atoms with Gasteiger partial charge in [-0.2, -0.15) is 5.26 Å². The Labute approximate surface area is 89.5 Å². The number of hydrogen-bond acceptors (Lipinski definition) is 2. The molecule has 0 amide bonds. The summed E-state index contributed by atoms with van der Waals surface area (Å²) in [5.74, 6) is 0. The molecule has 0 saturated carbocycles. The average molecular weight is 209 g/mol. The predicted octanol–water partition coefficient (Wildman–Crippen LogP) is 3.42. The topological polar surface area (TPSA) is 35.8 Å². The van der Waals surface area contributed by atoms with Crippen molar-refractivity contribution in [2.75, 3.05) is 11.9 Å². The lowest BCUT2D eigenvalue weighted by molar-refractivity contribution is 0.834. The van der Waals surface area contributed by atoms with Gasteiger partial charge in [-0.1, -0.05) is 24.9 Å². The highest BCUT2D eigenvalue weighted by molar-refractivity contribution is 6.32. The summed E-state index contributed by atoms with van der Waals surface area (Å²) in [5, 5.41) is 12.4. The van der Waals surface area contributed by atoms with E-state index in [-0.39, 0.29) is 0 Å². The van der Waals surface area contributed by atoms with Crippen LogP contribution < -0.4 is 5.32 Å². The van der Waals surface area contributed by atoms with Crippen molar-refractivity contribution in [3.05, 3.63) is 28.8 Å². The van der Waals surface area contributed by atoms with Crippen molar-refractivity contribution in [3.8, 4) is 6.07 Å². The molecule has 0 aliphatic heterocycles. The van der Waals surface area contributed by atoms with Crippen LogP contribution in [0.3, 0.4) is 0 Å². The third-order valence-corrected chi connectivity index (χ3v) is 2.26. The van der Waals surface area contributed by atoms with Crippen LogP contribution in [0.25, 0.3) is 0 Å². The van der Waals surface area contributed by atoms with Crippen LogP contribution >= 0.6 is 11.6 Å². The molecule has 0 saturated heterocycles. The zero-order valence-electron chi connectivity index (χ0n) is 8.18. The molecule has 0 aliphatic rings. The molecule has 74 valence electrons. The molecule has 0 spiro atoms. The summed E-state index contributed by atoms with van der Waals surface area (Å²) in [6, 6.07) is 7.43. The Balaban J connectivity index is 2.63. The van der Waals surface area contributed by atoms with E-state index in [1.807, 2.05) is 12.1 Å². The second-order valence-electron chi connectivity index (χ2n) is 3.09. The first-order valence-electron chi connectivity index (χ1n) is 4.71. The molecule has 1 aromatic rings. The maximum atomic E-state index is 8.67. The Bertz CT molecular complexity index is 342. The standard InChI is InChI=1S/C11H13ClN2/c1-2-3-6-14-10-5-4-9(8-13)11(12)7-10/h4-5,7,14H,2-3,6H2,1H3. The Kier molecular flexibility index (Phi) is 4.28. The van der Waals surface area contributed by atoms with Crippen molar-refractivity contribution in [3.63, 3.8) is 0 Å². The molecule has 1 aromatic carbocycles. The predicted molar refractivity (Wildman–Crippen MR) is 59.6 cm³/mol. The molecule has 3 heteroatoms. The summed E-state index contributed by atoms with van der Waals surface area (Å²) in [5.41, 5.74) is 1.50. The normalized spacial score (nSPS) is 9.50. The summed E-state index contributed by atoms with van der Waals surface area (Å²) in [6.07, 6.45) is 2.30. The highest BCUT2D eigenvalue weighted by atomic mass is 35.5. The molecule has 0 aromatic heterocycles. The van der Waals surface area contributed by atoms with Crippen molar-refractivity contribution < 1.29 is 0 Å². The largest absolute Gasteiger partial charge is 0.385 e. The van der Waals surface area contributed by atoms with Crippen LogP contribution in [0.15, 0.2) is 18.2 Å². The van der Waals surface area contributed by atoms with Crippen LogP contribution in [0.4, 0.5) is 5.69 Å². The zero-order valence-corrected chi connectivity index (χ0v) is 8.93. The van der Waals surface area contributed by atoms with E-state index in [0.717, 1.165) is 25.1 Å². The summed E-state index contributed by atoms with van der Waals surface area (Å²) in [4.78, 5) is 0. The van der Waals surface area contributed by atoms with Gasteiger partial charge < -0.3 is 5.32 Å².